The van der Waals surface area contributed by atoms with Crippen LogP contribution in [0.4, 0.5) is 11.4 Å². The SMILES string of the molecule is CCN(Cc1ccncc1)c1ccc(N)cc1C#N. The highest BCUT2D eigenvalue weighted by Gasteiger charge is 2.10. The van der Waals surface area contributed by atoms with E-state index in [0.29, 0.717) is 11.3 Å². The number of nitrogens with zero attached hydrogens (tertiary/aromatic N) is 3. The Kier molecular flexibility index (Phi) is 3.99. The molecule has 1 aromatic heterocycles. The molecule has 4 heteroatoms. The summed E-state index contributed by atoms with van der Waals surface area (Å²) in [5.41, 5.74) is 9.02. The van der Waals surface area contributed by atoms with Crippen molar-refractivity contribution in [3.63, 3.8) is 0 Å². The van der Waals surface area contributed by atoms with Crippen LogP contribution in [0, 0.1) is 11.3 Å². The molecule has 0 bridgehead atoms. The molecule has 0 amide bonds. The van der Waals surface area contributed by atoms with Gasteiger partial charge in [-0.15, -0.1) is 0 Å². The first-order chi connectivity index (χ1) is 9.24. The normalized spacial score (nSPS) is 9.89. The number of pyridine rings is 1. The van der Waals surface area contributed by atoms with E-state index in [2.05, 4.69) is 22.9 Å². The van der Waals surface area contributed by atoms with Gasteiger partial charge in [0.2, 0.25) is 0 Å². The first-order valence-corrected chi connectivity index (χ1v) is 6.18. The largest absolute Gasteiger partial charge is 0.399 e. The Morgan fingerprint density at radius 3 is 2.63 bits per heavy atom. The maximum Gasteiger partial charge on any atom is 0.101 e. The van der Waals surface area contributed by atoms with Crippen molar-refractivity contribution in [3.8, 4) is 6.07 Å². The summed E-state index contributed by atoms with van der Waals surface area (Å²) in [6.45, 7) is 3.64. The highest BCUT2D eigenvalue weighted by atomic mass is 15.1. The molecule has 1 heterocycles. The molecule has 0 saturated carbocycles. The van der Waals surface area contributed by atoms with Crippen LogP contribution in [-0.2, 0) is 6.54 Å². The fraction of sp³-hybridized carbons (Fsp3) is 0.200. The maximum absolute atomic E-state index is 9.21. The van der Waals surface area contributed by atoms with E-state index in [1.165, 1.54) is 0 Å². The standard InChI is InChI=1S/C15H16N4/c1-2-19(11-12-5-7-18-8-6-12)15-4-3-14(17)9-13(15)10-16/h3-9H,2,11,17H2,1H3. The molecule has 0 radical (unpaired) electrons. The number of hydrogen-bond acceptors (Lipinski definition) is 4. The van der Waals surface area contributed by atoms with Gasteiger partial charge in [0.15, 0.2) is 0 Å². The van der Waals surface area contributed by atoms with Crippen molar-refractivity contribution in [2.75, 3.05) is 17.2 Å². The Bertz CT molecular complexity index is 587. The zero-order chi connectivity index (χ0) is 13.7. The van der Waals surface area contributed by atoms with E-state index in [9.17, 15) is 5.26 Å². The van der Waals surface area contributed by atoms with Crippen molar-refractivity contribution in [2.45, 2.75) is 13.5 Å². The summed E-state index contributed by atoms with van der Waals surface area (Å²) in [7, 11) is 0. The summed E-state index contributed by atoms with van der Waals surface area (Å²) in [5, 5.41) is 9.21. The van der Waals surface area contributed by atoms with E-state index < -0.39 is 0 Å². The van der Waals surface area contributed by atoms with Crippen molar-refractivity contribution in [1.82, 2.24) is 4.98 Å². The minimum Gasteiger partial charge on any atom is -0.399 e. The lowest BCUT2D eigenvalue weighted by Crippen LogP contribution is -2.23. The molecule has 19 heavy (non-hydrogen) atoms. The van der Waals surface area contributed by atoms with Gasteiger partial charge in [0.05, 0.1) is 11.3 Å². The lowest BCUT2D eigenvalue weighted by molar-refractivity contribution is 0.829. The predicted molar refractivity (Wildman–Crippen MR) is 76.5 cm³/mol. The summed E-state index contributed by atoms with van der Waals surface area (Å²) in [4.78, 5) is 6.16. The van der Waals surface area contributed by atoms with Crippen LogP contribution in [-0.4, -0.2) is 11.5 Å². The second-order valence-corrected chi connectivity index (χ2v) is 4.26. The summed E-state index contributed by atoms with van der Waals surface area (Å²) in [6.07, 6.45) is 3.55. The second kappa shape index (κ2) is 5.87. The van der Waals surface area contributed by atoms with E-state index in [4.69, 9.17) is 5.73 Å². The monoisotopic (exact) mass is 252 g/mol. The number of benzene rings is 1. The third kappa shape index (κ3) is 3.02. The van der Waals surface area contributed by atoms with Crippen LogP contribution in [0.25, 0.3) is 0 Å². The van der Waals surface area contributed by atoms with Gasteiger partial charge in [0.25, 0.3) is 0 Å². The number of nitriles is 1. The van der Waals surface area contributed by atoms with Gasteiger partial charge >= 0.3 is 0 Å². The molecular weight excluding hydrogens is 236 g/mol. The van der Waals surface area contributed by atoms with Crippen molar-refractivity contribution in [1.29, 1.82) is 5.26 Å². The van der Waals surface area contributed by atoms with E-state index in [-0.39, 0.29) is 0 Å². The van der Waals surface area contributed by atoms with Crippen LogP contribution >= 0.6 is 0 Å². The Hall–Kier alpha value is -2.54. The highest BCUT2D eigenvalue weighted by molar-refractivity contribution is 5.64. The van der Waals surface area contributed by atoms with Crippen LogP contribution in [0.5, 0.6) is 0 Å². The molecule has 2 aromatic rings. The van der Waals surface area contributed by atoms with Crippen LogP contribution in [0.3, 0.4) is 0 Å². The molecule has 0 saturated heterocycles. The third-order valence-electron chi connectivity index (χ3n) is 2.99. The van der Waals surface area contributed by atoms with Gasteiger partial charge in [-0.1, -0.05) is 0 Å². The first kappa shape index (κ1) is 12.9. The van der Waals surface area contributed by atoms with Crippen LogP contribution < -0.4 is 10.6 Å². The number of rotatable bonds is 4. The molecule has 0 aliphatic carbocycles. The predicted octanol–water partition coefficient (Wildman–Crippen LogP) is 2.56. The second-order valence-electron chi connectivity index (χ2n) is 4.26. The van der Waals surface area contributed by atoms with Crippen molar-refractivity contribution in [3.05, 3.63) is 53.9 Å². The van der Waals surface area contributed by atoms with Crippen molar-refractivity contribution >= 4 is 11.4 Å². The average Bonchev–Trinajstić information content (AvgIpc) is 2.46. The van der Waals surface area contributed by atoms with Gasteiger partial charge in [0.1, 0.15) is 6.07 Å². The lowest BCUT2D eigenvalue weighted by atomic mass is 10.1. The zero-order valence-corrected chi connectivity index (χ0v) is 10.9. The van der Waals surface area contributed by atoms with Crippen LogP contribution in [0.2, 0.25) is 0 Å². The molecule has 0 fully saturated rings. The molecule has 0 atom stereocenters. The smallest absolute Gasteiger partial charge is 0.101 e. The van der Waals surface area contributed by atoms with Gasteiger partial charge in [-0.2, -0.15) is 5.26 Å². The van der Waals surface area contributed by atoms with E-state index in [0.717, 1.165) is 24.3 Å². The van der Waals surface area contributed by atoms with Crippen LogP contribution in [0.15, 0.2) is 42.7 Å². The molecule has 0 spiro atoms. The third-order valence-corrected chi connectivity index (χ3v) is 2.99. The summed E-state index contributed by atoms with van der Waals surface area (Å²) >= 11 is 0. The Balaban J connectivity index is 2.30. The first-order valence-electron chi connectivity index (χ1n) is 6.18. The molecule has 0 aliphatic heterocycles. The molecule has 2 rings (SSSR count). The van der Waals surface area contributed by atoms with Gasteiger partial charge in [0, 0.05) is 31.2 Å². The van der Waals surface area contributed by atoms with Crippen LogP contribution in [0.1, 0.15) is 18.1 Å². The van der Waals surface area contributed by atoms with E-state index in [1.54, 1.807) is 18.5 Å². The Labute approximate surface area is 113 Å². The quantitative estimate of drug-likeness (QED) is 0.849. The lowest BCUT2D eigenvalue weighted by Gasteiger charge is -2.24. The summed E-state index contributed by atoms with van der Waals surface area (Å²) < 4.78 is 0. The van der Waals surface area contributed by atoms with E-state index >= 15 is 0 Å². The molecule has 96 valence electrons. The molecule has 0 unspecified atom stereocenters. The summed E-state index contributed by atoms with van der Waals surface area (Å²) in [6, 6.07) is 11.6. The molecular formula is C15H16N4. The number of anilines is 2. The molecule has 2 N–H and O–H groups in total. The number of aromatic nitrogens is 1. The van der Waals surface area contributed by atoms with Gasteiger partial charge < -0.3 is 10.6 Å². The molecule has 1 aromatic carbocycles. The number of nitrogen functional groups attached to an aromatic ring is 1. The zero-order valence-electron chi connectivity index (χ0n) is 10.9. The topological polar surface area (TPSA) is 65.9 Å². The maximum atomic E-state index is 9.21. The van der Waals surface area contributed by atoms with Gasteiger partial charge in [-0.25, -0.2) is 0 Å². The fourth-order valence-corrected chi connectivity index (χ4v) is 1.99. The highest BCUT2D eigenvalue weighted by Crippen LogP contribution is 2.23. The minimum absolute atomic E-state index is 0.607. The minimum atomic E-state index is 0.607. The van der Waals surface area contributed by atoms with Crippen molar-refractivity contribution in [2.24, 2.45) is 0 Å². The fourth-order valence-electron chi connectivity index (χ4n) is 1.99. The summed E-state index contributed by atoms with van der Waals surface area (Å²) in [5.74, 6) is 0. The Morgan fingerprint density at radius 2 is 2.00 bits per heavy atom. The van der Waals surface area contributed by atoms with Crippen molar-refractivity contribution < 1.29 is 0 Å². The number of nitrogens with two attached hydrogens (primary N) is 1. The molecule has 0 aliphatic rings. The Morgan fingerprint density at radius 1 is 1.26 bits per heavy atom. The number of hydrogen-bond donors (Lipinski definition) is 1. The van der Waals surface area contributed by atoms with Gasteiger partial charge in [-0.05, 0) is 42.8 Å². The van der Waals surface area contributed by atoms with E-state index in [1.807, 2.05) is 24.3 Å². The average molecular weight is 252 g/mol. The van der Waals surface area contributed by atoms with Gasteiger partial charge in [-0.3, -0.25) is 4.98 Å². The molecule has 4 nitrogen and oxygen atoms in total.